The van der Waals surface area contributed by atoms with Crippen molar-refractivity contribution in [2.75, 3.05) is 25.9 Å². The van der Waals surface area contributed by atoms with Crippen LogP contribution in [0.15, 0.2) is 48.5 Å². The van der Waals surface area contributed by atoms with Crippen LogP contribution in [0.3, 0.4) is 0 Å². The van der Waals surface area contributed by atoms with Gasteiger partial charge in [-0.05, 0) is 76.3 Å². The number of fused-ring (bicyclic) bond motifs is 3. The number of likely N-dealkylation sites (N-methyl/N-ethyl adjacent to an activating group) is 1. The van der Waals surface area contributed by atoms with Gasteiger partial charge in [0.25, 0.3) is 5.91 Å². The quantitative estimate of drug-likeness (QED) is 0.119. The van der Waals surface area contributed by atoms with Crippen molar-refractivity contribution in [3.8, 4) is 0 Å². The van der Waals surface area contributed by atoms with Crippen molar-refractivity contribution in [1.29, 1.82) is 0 Å². The number of unbranched alkanes of at least 4 members (excludes halogenated alkanes) is 3. The topological polar surface area (TPSA) is 144 Å². The number of imidazole rings is 1. The molecule has 1 atom stereocenters. The van der Waals surface area contributed by atoms with Gasteiger partial charge in [-0.3, -0.25) is 14.4 Å². The van der Waals surface area contributed by atoms with Crippen LogP contribution in [0.4, 0.5) is 5.82 Å². The number of para-hydroxylation sites is 1. The van der Waals surface area contributed by atoms with E-state index in [1.807, 2.05) is 30.3 Å². The van der Waals surface area contributed by atoms with Crippen LogP contribution in [0.25, 0.3) is 21.9 Å². The number of nitrogens with two attached hydrogens (primary N) is 1. The lowest BCUT2D eigenvalue weighted by molar-refractivity contribution is -0.121. The lowest BCUT2D eigenvalue weighted by Crippen LogP contribution is -2.32. The lowest BCUT2D eigenvalue weighted by atomic mass is 10.1. The number of amides is 2. The second-order valence-corrected chi connectivity index (χ2v) is 11.6. The van der Waals surface area contributed by atoms with Crippen LogP contribution in [0.5, 0.6) is 0 Å². The molecule has 0 saturated carbocycles. The summed E-state index contributed by atoms with van der Waals surface area (Å²) < 4.78 is 2.29. The molecule has 5 N–H and O–H groups in total. The van der Waals surface area contributed by atoms with Crippen molar-refractivity contribution in [1.82, 2.24) is 30.5 Å². The van der Waals surface area contributed by atoms with Crippen molar-refractivity contribution in [2.24, 2.45) is 0 Å². The summed E-state index contributed by atoms with van der Waals surface area (Å²) >= 11 is 0. The van der Waals surface area contributed by atoms with Crippen LogP contribution < -0.4 is 21.7 Å². The van der Waals surface area contributed by atoms with Gasteiger partial charge in [0, 0.05) is 37.0 Å². The average Bonchev–Trinajstić information content (AvgIpc) is 3.40. The molecular weight excluding hydrogens is 566 g/mol. The molecule has 0 aliphatic rings. The number of pyridine rings is 1. The highest BCUT2D eigenvalue weighted by molar-refractivity contribution is 6.06. The molecule has 2 aromatic heterocycles. The number of aryl methyl sites for hydroxylation is 2. The summed E-state index contributed by atoms with van der Waals surface area (Å²) in [5.74, 6) is 1.44. The molecule has 0 spiro atoms. The van der Waals surface area contributed by atoms with Gasteiger partial charge in [0.05, 0.1) is 23.5 Å². The summed E-state index contributed by atoms with van der Waals surface area (Å²) in [6.07, 6.45) is 7.41. The molecular formula is C35H47N7O3. The number of nitrogens with one attached hydrogen (secondary N) is 3. The van der Waals surface area contributed by atoms with E-state index in [0.717, 1.165) is 91.2 Å². The highest BCUT2D eigenvalue weighted by Crippen LogP contribution is 2.29. The molecule has 10 heteroatoms. The first kappa shape index (κ1) is 33.6. The summed E-state index contributed by atoms with van der Waals surface area (Å²) in [6.45, 7) is 5.68. The van der Waals surface area contributed by atoms with Gasteiger partial charge in [0.15, 0.2) is 5.82 Å². The maximum Gasteiger partial charge on any atom is 0.251 e. The fraction of sp³-hybridized carbons (Fsp3) is 0.457. The molecule has 4 aromatic rings. The Morgan fingerprint density at radius 1 is 0.911 bits per heavy atom. The minimum Gasteiger partial charge on any atom is -0.382 e. The monoisotopic (exact) mass is 613 g/mol. The fourth-order valence-corrected chi connectivity index (χ4v) is 5.64. The van der Waals surface area contributed by atoms with E-state index in [0.29, 0.717) is 24.5 Å². The molecule has 2 heterocycles. The number of Topliss-reactive ketones (excluding diaryl/α,β-unsaturated/α-hetero) is 1. The highest BCUT2D eigenvalue weighted by atomic mass is 16.2. The van der Waals surface area contributed by atoms with E-state index >= 15 is 0 Å². The zero-order chi connectivity index (χ0) is 32.2. The molecule has 2 amide bonds. The van der Waals surface area contributed by atoms with E-state index in [2.05, 4.69) is 38.5 Å². The van der Waals surface area contributed by atoms with Crippen LogP contribution in [0, 0.1) is 0 Å². The second-order valence-electron chi connectivity index (χ2n) is 11.6. The number of hydrogen-bond donors (Lipinski definition) is 4. The molecule has 0 aliphatic carbocycles. The van der Waals surface area contributed by atoms with Gasteiger partial charge in [0.2, 0.25) is 5.91 Å². The summed E-state index contributed by atoms with van der Waals surface area (Å²) in [4.78, 5) is 46.0. The number of aromatic nitrogens is 3. The fourth-order valence-electron chi connectivity index (χ4n) is 5.64. The number of nitrogen functional groups attached to an aromatic ring is 1. The van der Waals surface area contributed by atoms with E-state index in [1.165, 1.54) is 0 Å². The number of rotatable bonds is 18. The van der Waals surface area contributed by atoms with E-state index < -0.39 is 0 Å². The van der Waals surface area contributed by atoms with Gasteiger partial charge in [-0.15, -0.1) is 0 Å². The summed E-state index contributed by atoms with van der Waals surface area (Å²) in [5.41, 5.74) is 10.4. The number of anilines is 1. The van der Waals surface area contributed by atoms with Crippen LogP contribution in [-0.2, 0) is 29.0 Å². The van der Waals surface area contributed by atoms with Crippen molar-refractivity contribution in [3.05, 3.63) is 65.5 Å². The zero-order valence-corrected chi connectivity index (χ0v) is 26.8. The Labute approximate surface area is 265 Å². The third kappa shape index (κ3) is 9.11. The predicted octanol–water partition coefficient (Wildman–Crippen LogP) is 4.73. The first-order chi connectivity index (χ1) is 21.8. The third-order valence-electron chi connectivity index (χ3n) is 8.20. The Hall–Kier alpha value is -4.31. The molecule has 45 heavy (non-hydrogen) atoms. The first-order valence-corrected chi connectivity index (χ1v) is 16.2. The molecule has 1 unspecified atom stereocenters. The largest absolute Gasteiger partial charge is 0.382 e. The Balaban J connectivity index is 1.23. The van der Waals surface area contributed by atoms with Crippen LogP contribution in [-0.4, -0.2) is 58.3 Å². The molecule has 0 bridgehead atoms. The number of hydrogen-bond acceptors (Lipinski definition) is 7. The minimum atomic E-state index is -0.127. The smallest absolute Gasteiger partial charge is 0.251 e. The van der Waals surface area contributed by atoms with Gasteiger partial charge in [-0.25, -0.2) is 9.97 Å². The van der Waals surface area contributed by atoms with Crippen molar-refractivity contribution in [3.63, 3.8) is 0 Å². The Kier molecular flexibility index (Phi) is 12.4. The number of ketones is 1. The molecule has 4 rings (SSSR count). The molecule has 0 aliphatic heterocycles. The number of carbonyl (C=O) groups is 3. The summed E-state index contributed by atoms with van der Waals surface area (Å²) in [5, 5.41) is 10.0. The van der Waals surface area contributed by atoms with Crippen molar-refractivity contribution < 1.29 is 14.4 Å². The van der Waals surface area contributed by atoms with Crippen molar-refractivity contribution >= 4 is 45.4 Å². The predicted molar refractivity (Wildman–Crippen MR) is 180 cm³/mol. The Bertz CT molecular complexity index is 1600. The molecule has 0 fully saturated rings. The van der Waals surface area contributed by atoms with Crippen molar-refractivity contribution in [2.45, 2.75) is 84.2 Å². The molecule has 0 radical (unpaired) electrons. The minimum absolute atomic E-state index is 0.0561. The SMILES string of the molecule is CCCCc1nc2c(N)nc3ccccc3c2n1CCCCNC(=O)c1ccc(CC(=O)NCCCCC(NC)C(C)=O)cc1. The van der Waals surface area contributed by atoms with Gasteiger partial charge in [0.1, 0.15) is 17.1 Å². The van der Waals surface area contributed by atoms with Gasteiger partial charge in [-0.2, -0.15) is 0 Å². The molecule has 2 aromatic carbocycles. The van der Waals surface area contributed by atoms with E-state index in [-0.39, 0.29) is 30.1 Å². The molecule has 240 valence electrons. The third-order valence-corrected chi connectivity index (χ3v) is 8.20. The molecule has 0 saturated heterocycles. The second kappa shape index (κ2) is 16.7. The highest BCUT2D eigenvalue weighted by Gasteiger charge is 2.17. The van der Waals surface area contributed by atoms with Crippen LogP contribution in [0.1, 0.15) is 80.5 Å². The maximum atomic E-state index is 12.8. The van der Waals surface area contributed by atoms with E-state index in [4.69, 9.17) is 10.7 Å². The average molecular weight is 614 g/mol. The Morgan fingerprint density at radius 3 is 2.38 bits per heavy atom. The van der Waals surface area contributed by atoms with Crippen LogP contribution >= 0.6 is 0 Å². The summed E-state index contributed by atoms with van der Waals surface area (Å²) in [7, 11) is 1.79. The molecule has 10 nitrogen and oxygen atoms in total. The normalized spacial score (nSPS) is 12.0. The summed E-state index contributed by atoms with van der Waals surface area (Å²) in [6, 6.07) is 15.1. The zero-order valence-electron chi connectivity index (χ0n) is 26.8. The lowest BCUT2D eigenvalue weighted by Gasteiger charge is -2.12. The number of nitrogens with zero attached hydrogens (tertiary/aromatic N) is 3. The van der Waals surface area contributed by atoms with Gasteiger partial charge < -0.3 is 26.3 Å². The standard InChI is InChI=1S/C35H47N7O3/c1-4-5-15-30-41-32-33(27-12-6-7-14-29(27)40-34(32)36)42(30)22-11-10-21-39-35(45)26-18-16-25(17-19-26)23-31(44)38-20-9-8-13-28(37-3)24(2)43/h6-7,12,14,16-19,28,37H,4-5,8-11,13,15,20-23H2,1-3H3,(H2,36,40)(H,38,44)(H,39,45). The Morgan fingerprint density at radius 2 is 1.64 bits per heavy atom. The number of benzene rings is 2. The van der Waals surface area contributed by atoms with E-state index in [1.54, 1.807) is 26.1 Å². The first-order valence-electron chi connectivity index (χ1n) is 16.2. The van der Waals surface area contributed by atoms with Gasteiger partial charge >= 0.3 is 0 Å². The van der Waals surface area contributed by atoms with Gasteiger partial charge in [-0.1, -0.05) is 43.7 Å². The number of carbonyl (C=O) groups excluding carboxylic acids is 3. The maximum absolute atomic E-state index is 12.8. The van der Waals surface area contributed by atoms with Crippen LogP contribution in [0.2, 0.25) is 0 Å². The van der Waals surface area contributed by atoms with E-state index in [9.17, 15) is 14.4 Å².